The zero-order chi connectivity index (χ0) is 13.0. The molecule has 0 aliphatic rings. The zero-order valence-corrected chi connectivity index (χ0v) is 10.4. The maximum Gasteiger partial charge on any atom is 0.242 e. The van der Waals surface area contributed by atoms with Crippen LogP contribution in [0.15, 0.2) is 53.7 Å². The van der Waals surface area contributed by atoms with Gasteiger partial charge in [0.1, 0.15) is 0 Å². The molecular weight excluding hydrogens is 252 g/mol. The lowest BCUT2D eigenvalue weighted by molar-refractivity contribution is 0.259. The first-order valence-electron chi connectivity index (χ1n) is 5.44. The molecule has 0 bridgehead atoms. The first kappa shape index (κ1) is 12.8. The van der Waals surface area contributed by atoms with Gasteiger partial charge in [0.05, 0.1) is 17.5 Å². The molecule has 18 heavy (non-hydrogen) atoms. The molecule has 2 rings (SSSR count). The molecule has 0 saturated carbocycles. The van der Waals surface area contributed by atoms with E-state index in [0.29, 0.717) is 0 Å². The number of nitrogens with one attached hydrogen (secondary N) is 2. The normalized spacial score (nSPS) is 13.4. The number of benzene rings is 1. The minimum Gasteiger partial charge on any atom is -0.394 e. The van der Waals surface area contributed by atoms with Gasteiger partial charge in [0.15, 0.2) is 0 Å². The largest absolute Gasteiger partial charge is 0.394 e. The summed E-state index contributed by atoms with van der Waals surface area (Å²) in [5.41, 5.74) is 0.721. The van der Waals surface area contributed by atoms with Crippen molar-refractivity contribution in [2.75, 3.05) is 6.61 Å². The van der Waals surface area contributed by atoms with Crippen molar-refractivity contribution in [3.8, 4) is 0 Å². The standard InChI is InChI=1S/C12H14N2O3S/c15-9-12(10-4-2-1-3-5-10)14-18(16,17)11-6-7-13-8-11/h1-8,12-15H,9H2/t12-/m0/s1. The highest BCUT2D eigenvalue weighted by Crippen LogP contribution is 2.16. The lowest BCUT2D eigenvalue weighted by Gasteiger charge is -2.16. The van der Waals surface area contributed by atoms with Crippen molar-refractivity contribution >= 4 is 10.0 Å². The van der Waals surface area contributed by atoms with E-state index in [1.807, 2.05) is 6.07 Å². The minimum atomic E-state index is -3.62. The molecule has 0 aliphatic heterocycles. The number of aliphatic hydroxyl groups is 1. The third kappa shape index (κ3) is 2.79. The molecule has 5 nitrogen and oxygen atoms in total. The Hall–Kier alpha value is -1.63. The van der Waals surface area contributed by atoms with Gasteiger partial charge in [-0.1, -0.05) is 30.3 Å². The van der Waals surface area contributed by atoms with Crippen LogP contribution in [0.5, 0.6) is 0 Å². The summed E-state index contributed by atoms with van der Waals surface area (Å²) in [7, 11) is -3.62. The van der Waals surface area contributed by atoms with Gasteiger partial charge in [-0.25, -0.2) is 13.1 Å². The van der Waals surface area contributed by atoms with Gasteiger partial charge in [-0.15, -0.1) is 0 Å². The van der Waals surface area contributed by atoms with Crippen molar-refractivity contribution in [3.05, 3.63) is 54.4 Å². The van der Waals surface area contributed by atoms with Gasteiger partial charge in [-0.05, 0) is 11.6 Å². The van der Waals surface area contributed by atoms with E-state index in [-0.39, 0.29) is 11.5 Å². The number of aliphatic hydroxyl groups excluding tert-OH is 1. The highest BCUT2D eigenvalue weighted by molar-refractivity contribution is 7.89. The molecule has 1 heterocycles. The number of hydrogen-bond acceptors (Lipinski definition) is 3. The zero-order valence-electron chi connectivity index (χ0n) is 9.58. The molecule has 0 amide bonds. The van der Waals surface area contributed by atoms with Crippen LogP contribution >= 0.6 is 0 Å². The maximum atomic E-state index is 12.0. The molecule has 1 aromatic heterocycles. The summed E-state index contributed by atoms with van der Waals surface area (Å²) in [6.07, 6.45) is 2.92. The average molecular weight is 266 g/mol. The Bertz CT molecular complexity index is 579. The van der Waals surface area contributed by atoms with Crippen LogP contribution in [0.3, 0.4) is 0 Å². The summed E-state index contributed by atoms with van der Waals surface area (Å²) in [4.78, 5) is 2.84. The maximum absolute atomic E-state index is 12.0. The van der Waals surface area contributed by atoms with Gasteiger partial charge in [-0.3, -0.25) is 0 Å². The Balaban J connectivity index is 2.22. The second-order valence-corrected chi connectivity index (χ2v) is 5.53. The van der Waals surface area contributed by atoms with Crippen LogP contribution in [0, 0.1) is 0 Å². The van der Waals surface area contributed by atoms with Gasteiger partial charge in [0.2, 0.25) is 10.0 Å². The van der Waals surface area contributed by atoms with Gasteiger partial charge >= 0.3 is 0 Å². The van der Waals surface area contributed by atoms with Crippen LogP contribution in [0.4, 0.5) is 0 Å². The van der Waals surface area contributed by atoms with E-state index >= 15 is 0 Å². The molecule has 1 aromatic carbocycles. The highest BCUT2D eigenvalue weighted by Gasteiger charge is 2.20. The molecule has 0 aliphatic carbocycles. The number of H-pyrrole nitrogens is 1. The molecule has 2 aromatic rings. The van der Waals surface area contributed by atoms with Crippen molar-refractivity contribution in [1.29, 1.82) is 0 Å². The molecule has 0 radical (unpaired) electrons. The van der Waals surface area contributed by atoms with Crippen molar-refractivity contribution < 1.29 is 13.5 Å². The Kier molecular flexibility index (Phi) is 3.81. The molecular formula is C12H14N2O3S. The third-order valence-corrected chi connectivity index (χ3v) is 4.03. The van der Waals surface area contributed by atoms with Gasteiger partial charge < -0.3 is 10.1 Å². The topological polar surface area (TPSA) is 82.2 Å². The fraction of sp³-hybridized carbons (Fsp3) is 0.167. The average Bonchev–Trinajstić information content (AvgIpc) is 2.92. The highest BCUT2D eigenvalue weighted by atomic mass is 32.2. The number of sulfonamides is 1. The lowest BCUT2D eigenvalue weighted by Crippen LogP contribution is -2.30. The number of hydrogen-bond donors (Lipinski definition) is 3. The summed E-state index contributed by atoms with van der Waals surface area (Å²) in [6, 6.07) is 9.76. The molecule has 0 saturated heterocycles. The fourth-order valence-electron chi connectivity index (χ4n) is 1.63. The second kappa shape index (κ2) is 5.34. The van der Waals surface area contributed by atoms with Gasteiger partial charge in [0, 0.05) is 12.4 Å². The molecule has 6 heteroatoms. The predicted octanol–water partition coefficient (Wildman–Crippen LogP) is 1.03. The summed E-state index contributed by atoms with van der Waals surface area (Å²) < 4.78 is 26.5. The summed E-state index contributed by atoms with van der Waals surface area (Å²) in [5, 5.41) is 9.31. The molecule has 1 atom stereocenters. The van der Waals surface area contributed by atoms with Crippen LogP contribution in [0.25, 0.3) is 0 Å². The van der Waals surface area contributed by atoms with Gasteiger partial charge in [0.25, 0.3) is 0 Å². The van der Waals surface area contributed by atoms with Crippen molar-refractivity contribution in [2.24, 2.45) is 0 Å². The van der Waals surface area contributed by atoms with Crippen LogP contribution in [-0.4, -0.2) is 25.1 Å². The smallest absolute Gasteiger partial charge is 0.242 e. The lowest BCUT2D eigenvalue weighted by atomic mass is 10.1. The van der Waals surface area contributed by atoms with Crippen LogP contribution in [0.1, 0.15) is 11.6 Å². The van der Waals surface area contributed by atoms with Crippen LogP contribution in [0.2, 0.25) is 0 Å². The Morgan fingerprint density at radius 3 is 2.50 bits per heavy atom. The van der Waals surface area contributed by atoms with Crippen molar-refractivity contribution in [3.63, 3.8) is 0 Å². The number of aromatic nitrogens is 1. The van der Waals surface area contributed by atoms with Crippen molar-refractivity contribution in [2.45, 2.75) is 10.9 Å². The Morgan fingerprint density at radius 2 is 1.94 bits per heavy atom. The fourth-order valence-corrected chi connectivity index (χ4v) is 2.82. The van der Waals surface area contributed by atoms with E-state index < -0.39 is 16.1 Å². The summed E-state index contributed by atoms with van der Waals surface area (Å²) >= 11 is 0. The van der Waals surface area contributed by atoms with E-state index in [1.54, 1.807) is 24.3 Å². The summed E-state index contributed by atoms with van der Waals surface area (Å²) in [6.45, 7) is -0.298. The molecule has 96 valence electrons. The van der Waals surface area contributed by atoms with Crippen LogP contribution in [-0.2, 0) is 10.0 Å². The van der Waals surface area contributed by atoms with Crippen LogP contribution < -0.4 is 4.72 Å². The molecule has 0 unspecified atom stereocenters. The van der Waals surface area contributed by atoms with E-state index in [0.717, 1.165) is 5.56 Å². The number of rotatable bonds is 5. The van der Waals surface area contributed by atoms with Crippen molar-refractivity contribution in [1.82, 2.24) is 9.71 Å². The first-order valence-corrected chi connectivity index (χ1v) is 6.93. The van der Waals surface area contributed by atoms with E-state index in [1.165, 1.54) is 18.5 Å². The van der Waals surface area contributed by atoms with E-state index in [4.69, 9.17) is 0 Å². The molecule has 0 spiro atoms. The first-order chi connectivity index (χ1) is 8.63. The summed E-state index contributed by atoms with van der Waals surface area (Å²) in [5.74, 6) is 0. The predicted molar refractivity (Wildman–Crippen MR) is 67.4 cm³/mol. The minimum absolute atomic E-state index is 0.150. The molecule has 0 fully saturated rings. The number of aromatic amines is 1. The van der Waals surface area contributed by atoms with Gasteiger partial charge in [-0.2, -0.15) is 0 Å². The van der Waals surface area contributed by atoms with E-state index in [2.05, 4.69) is 9.71 Å². The molecule has 3 N–H and O–H groups in total. The quantitative estimate of drug-likeness (QED) is 0.756. The third-order valence-electron chi connectivity index (χ3n) is 2.56. The SMILES string of the molecule is O=S(=O)(N[C@@H](CO)c1ccccc1)c1cc[nH]c1. The monoisotopic (exact) mass is 266 g/mol. The Labute approximate surface area is 106 Å². The second-order valence-electron chi connectivity index (χ2n) is 3.81. The van der Waals surface area contributed by atoms with E-state index in [9.17, 15) is 13.5 Å². The Morgan fingerprint density at radius 1 is 1.22 bits per heavy atom.